The number of nitriles is 1. The number of halogens is 2. The first-order valence-corrected chi connectivity index (χ1v) is 9.62. The van der Waals surface area contributed by atoms with Crippen LogP contribution in [0.1, 0.15) is 17.0 Å². The van der Waals surface area contributed by atoms with Crippen molar-refractivity contribution in [2.75, 3.05) is 0 Å². The number of benzene rings is 2. The molecule has 0 aliphatic carbocycles. The lowest BCUT2D eigenvalue weighted by Crippen LogP contribution is -2.33. The highest BCUT2D eigenvalue weighted by Gasteiger charge is 2.16. The number of nitrogens with one attached hydrogen (secondary N) is 1. The van der Waals surface area contributed by atoms with Crippen LogP contribution in [0.3, 0.4) is 0 Å². The van der Waals surface area contributed by atoms with Crippen LogP contribution < -0.4 is 16.8 Å². The van der Waals surface area contributed by atoms with Gasteiger partial charge in [0.15, 0.2) is 0 Å². The lowest BCUT2D eigenvalue weighted by atomic mass is 10.0. The number of fused-ring (bicyclic) bond motifs is 1. The van der Waals surface area contributed by atoms with Gasteiger partial charge in [-0.25, -0.2) is 9.48 Å². The Balaban J connectivity index is 1.84. The zero-order valence-corrected chi connectivity index (χ0v) is 17.4. The minimum Gasteiger partial charge on any atom is -0.270 e. The maximum Gasteiger partial charge on any atom is 0.349 e. The second-order valence-electron chi connectivity index (χ2n) is 6.62. The molecule has 2 heterocycles. The molecule has 4 aromatic rings. The van der Waals surface area contributed by atoms with Gasteiger partial charge in [-0.2, -0.15) is 15.0 Å². The molecule has 0 unspecified atom stereocenters. The van der Waals surface area contributed by atoms with Gasteiger partial charge in [0, 0.05) is 28.9 Å². The Morgan fingerprint density at radius 1 is 1.06 bits per heavy atom. The highest BCUT2D eigenvalue weighted by molar-refractivity contribution is 6.36. The Kier molecular flexibility index (Phi) is 5.19. The molecule has 1 N–H and O–H groups in total. The van der Waals surface area contributed by atoms with E-state index in [0.717, 1.165) is 4.68 Å². The van der Waals surface area contributed by atoms with Gasteiger partial charge in [-0.15, -0.1) is 5.10 Å². The lowest BCUT2D eigenvalue weighted by Gasteiger charge is -2.12. The van der Waals surface area contributed by atoms with Crippen molar-refractivity contribution in [2.45, 2.75) is 6.42 Å². The average Bonchev–Trinajstić information content (AvgIpc) is 2.74. The van der Waals surface area contributed by atoms with Crippen molar-refractivity contribution in [1.82, 2.24) is 24.5 Å². The second-order valence-corrected chi connectivity index (χ2v) is 7.43. The molecule has 0 saturated carbocycles. The number of hydrogen-bond acceptors (Lipinski definition) is 6. The van der Waals surface area contributed by atoms with Crippen LogP contribution in [0.15, 0.2) is 50.8 Å². The van der Waals surface area contributed by atoms with E-state index in [4.69, 9.17) is 28.5 Å². The van der Waals surface area contributed by atoms with Crippen molar-refractivity contribution in [3.8, 4) is 11.8 Å². The third kappa shape index (κ3) is 3.63. The summed E-state index contributed by atoms with van der Waals surface area (Å²) in [6.07, 6.45) is 0.226. The molecule has 0 radical (unpaired) electrons. The number of aromatic nitrogens is 5. The summed E-state index contributed by atoms with van der Waals surface area (Å²) >= 11 is 12.9. The molecule has 0 aliphatic heterocycles. The highest BCUT2D eigenvalue weighted by Crippen LogP contribution is 2.30. The molecule has 0 atom stereocenters. The number of aromatic amines is 1. The Morgan fingerprint density at radius 2 is 1.71 bits per heavy atom. The molecule has 0 amide bonds. The van der Waals surface area contributed by atoms with Gasteiger partial charge in [0.1, 0.15) is 6.07 Å². The molecular formula is C20H12Cl2N6O3. The van der Waals surface area contributed by atoms with Crippen LogP contribution in [0.4, 0.5) is 0 Å². The minimum atomic E-state index is -0.884. The maximum atomic E-state index is 12.3. The first-order chi connectivity index (χ1) is 14.8. The standard InChI is InChI=1S/C20H12Cl2N6O3/c1-27-19(30)12-5-3-2-4-11(12)16(25-27)8-13-14(21)6-10(7-15(13)22)28-20(31)24-18(29)17(9-23)26-28/h2-7H,8H2,1H3,(H,24,29,31). The van der Waals surface area contributed by atoms with Gasteiger partial charge < -0.3 is 0 Å². The number of H-pyrrole nitrogens is 1. The summed E-state index contributed by atoms with van der Waals surface area (Å²) in [7, 11) is 1.56. The summed E-state index contributed by atoms with van der Waals surface area (Å²) in [6.45, 7) is 0. The number of aryl methyl sites for hydroxylation is 1. The average molecular weight is 455 g/mol. The Labute approximate surface area is 183 Å². The van der Waals surface area contributed by atoms with Crippen molar-refractivity contribution in [2.24, 2.45) is 7.05 Å². The Hall–Kier alpha value is -3.74. The molecule has 0 spiro atoms. The molecule has 154 valence electrons. The molecule has 0 saturated heterocycles. The lowest BCUT2D eigenvalue weighted by molar-refractivity contribution is 0.697. The van der Waals surface area contributed by atoms with Crippen LogP contribution >= 0.6 is 23.2 Å². The molecule has 0 fully saturated rings. The van der Waals surface area contributed by atoms with Crippen molar-refractivity contribution < 1.29 is 0 Å². The van der Waals surface area contributed by atoms with Crippen molar-refractivity contribution in [3.05, 3.63) is 94.6 Å². The number of rotatable bonds is 3. The van der Waals surface area contributed by atoms with Crippen molar-refractivity contribution >= 4 is 34.0 Å². The van der Waals surface area contributed by atoms with Gasteiger partial charge in [0.05, 0.1) is 16.8 Å². The van der Waals surface area contributed by atoms with Gasteiger partial charge >= 0.3 is 5.69 Å². The third-order valence-electron chi connectivity index (χ3n) is 4.68. The third-order valence-corrected chi connectivity index (χ3v) is 5.36. The van der Waals surface area contributed by atoms with Gasteiger partial charge in [0.25, 0.3) is 11.1 Å². The number of hydrogen-bond donors (Lipinski definition) is 1. The molecule has 2 aromatic carbocycles. The maximum absolute atomic E-state index is 12.3. The largest absolute Gasteiger partial charge is 0.349 e. The zero-order chi connectivity index (χ0) is 22.3. The van der Waals surface area contributed by atoms with E-state index in [2.05, 4.69) is 10.2 Å². The molecule has 0 aliphatic rings. The van der Waals surface area contributed by atoms with Crippen LogP contribution in [0.25, 0.3) is 16.5 Å². The predicted molar refractivity (Wildman–Crippen MR) is 115 cm³/mol. The van der Waals surface area contributed by atoms with E-state index in [1.165, 1.54) is 16.8 Å². The molecule has 11 heteroatoms. The summed E-state index contributed by atoms with van der Waals surface area (Å²) in [6, 6.07) is 11.6. The Morgan fingerprint density at radius 3 is 2.35 bits per heavy atom. The summed E-state index contributed by atoms with van der Waals surface area (Å²) in [5.74, 6) is 0. The fraction of sp³-hybridized carbons (Fsp3) is 0.100. The van der Waals surface area contributed by atoms with Crippen molar-refractivity contribution in [3.63, 3.8) is 0 Å². The summed E-state index contributed by atoms with van der Waals surface area (Å²) in [5, 5.41) is 18.7. The summed E-state index contributed by atoms with van der Waals surface area (Å²) < 4.78 is 2.09. The van der Waals surface area contributed by atoms with Gasteiger partial charge in [0.2, 0.25) is 5.69 Å². The van der Waals surface area contributed by atoms with E-state index < -0.39 is 16.9 Å². The van der Waals surface area contributed by atoms with Gasteiger partial charge in [-0.1, -0.05) is 41.4 Å². The number of nitrogens with zero attached hydrogens (tertiary/aromatic N) is 5. The van der Waals surface area contributed by atoms with E-state index in [1.807, 2.05) is 4.98 Å². The van der Waals surface area contributed by atoms with Crippen LogP contribution in [0.2, 0.25) is 10.0 Å². The molecule has 4 rings (SSSR count). The van der Waals surface area contributed by atoms with Crippen LogP contribution in [0, 0.1) is 11.3 Å². The monoisotopic (exact) mass is 454 g/mol. The molecule has 2 aromatic heterocycles. The molecule has 0 bridgehead atoms. The van der Waals surface area contributed by atoms with E-state index in [-0.39, 0.29) is 27.7 Å². The Bertz CT molecular complexity index is 1560. The highest BCUT2D eigenvalue weighted by atomic mass is 35.5. The normalized spacial score (nSPS) is 10.9. The van der Waals surface area contributed by atoms with Crippen LogP contribution in [-0.2, 0) is 13.5 Å². The van der Waals surface area contributed by atoms with Gasteiger partial charge in [-0.3, -0.25) is 14.6 Å². The van der Waals surface area contributed by atoms with Crippen LogP contribution in [0.5, 0.6) is 0 Å². The molecule has 9 nitrogen and oxygen atoms in total. The first-order valence-electron chi connectivity index (χ1n) is 8.87. The topological polar surface area (TPSA) is 126 Å². The van der Waals surface area contributed by atoms with E-state index >= 15 is 0 Å². The van der Waals surface area contributed by atoms with E-state index in [1.54, 1.807) is 37.4 Å². The van der Waals surface area contributed by atoms with Gasteiger partial charge in [-0.05, 0) is 23.8 Å². The smallest absolute Gasteiger partial charge is 0.270 e. The molecule has 31 heavy (non-hydrogen) atoms. The summed E-state index contributed by atoms with van der Waals surface area (Å²) in [4.78, 5) is 38.1. The zero-order valence-electron chi connectivity index (χ0n) is 15.9. The van der Waals surface area contributed by atoms with E-state index in [9.17, 15) is 14.4 Å². The van der Waals surface area contributed by atoms with Crippen LogP contribution in [-0.4, -0.2) is 24.5 Å². The SMILES string of the molecule is Cn1nc(Cc2c(Cl)cc(-n3nc(C#N)c(=O)[nH]c3=O)cc2Cl)c2ccccc2c1=O. The predicted octanol–water partition coefficient (Wildman–Crippen LogP) is 1.94. The first kappa shape index (κ1) is 20.5. The van der Waals surface area contributed by atoms with E-state index in [0.29, 0.717) is 22.0 Å². The fourth-order valence-electron chi connectivity index (χ4n) is 3.20. The quantitative estimate of drug-likeness (QED) is 0.503. The summed E-state index contributed by atoms with van der Waals surface area (Å²) in [5.41, 5.74) is -1.11. The molecular weight excluding hydrogens is 443 g/mol. The fourth-order valence-corrected chi connectivity index (χ4v) is 3.81. The minimum absolute atomic E-state index is 0.176. The van der Waals surface area contributed by atoms with Crippen molar-refractivity contribution in [1.29, 1.82) is 5.26 Å². The second kappa shape index (κ2) is 7.83.